The predicted octanol–water partition coefficient (Wildman–Crippen LogP) is 3.68. The van der Waals surface area contributed by atoms with Gasteiger partial charge in [0.1, 0.15) is 6.61 Å². The average molecular weight is 331 g/mol. The molecule has 0 bridgehead atoms. The fraction of sp³-hybridized carbons (Fsp3) is 0.579. The third kappa shape index (κ3) is 3.55. The molecule has 24 heavy (non-hydrogen) atoms. The van der Waals surface area contributed by atoms with Crippen molar-refractivity contribution in [1.82, 2.24) is 4.90 Å². The van der Waals surface area contributed by atoms with Gasteiger partial charge in [0.15, 0.2) is 0 Å². The molecule has 1 aromatic rings. The van der Waals surface area contributed by atoms with Crippen LogP contribution < -0.4 is 0 Å². The molecule has 1 aliphatic heterocycles. The first kappa shape index (κ1) is 16.8. The second-order valence-electron chi connectivity index (χ2n) is 7.03. The fourth-order valence-corrected chi connectivity index (χ4v) is 4.24. The topological polar surface area (TPSA) is 66.8 Å². The average Bonchev–Trinajstić information content (AvgIpc) is 2.61. The Morgan fingerprint density at radius 3 is 2.50 bits per heavy atom. The molecule has 2 aliphatic rings. The van der Waals surface area contributed by atoms with Crippen LogP contribution in [0.1, 0.15) is 44.1 Å². The Morgan fingerprint density at radius 2 is 1.83 bits per heavy atom. The highest BCUT2D eigenvalue weighted by atomic mass is 16.6. The SMILES string of the molecule is O=C(O)C1CCCCC12CCN(C(=O)OCc1ccccc1)CC2. The van der Waals surface area contributed by atoms with Crippen molar-refractivity contribution in [1.29, 1.82) is 0 Å². The minimum absolute atomic E-state index is 0.125. The summed E-state index contributed by atoms with van der Waals surface area (Å²) in [6.07, 6.45) is 5.08. The summed E-state index contributed by atoms with van der Waals surface area (Å²) in [4.78, 5) is 25.6. The molecular formula is C19H25NO4. The maximum Gasteiger partial charge on any atom is 0.410 e. The summed E-state index contributed by atoms with van der Waals surface area (Å²) in [5.74, 6) is -0.927. The number of rotatable bonds is 3. The van der Waals surface area contributed by atoms with E-state index >= 15 is 0 Å². The van der Waals surface area contributed by atoms with Gasteiger partial charge >= 0.3 is 12.1 Å². The van der Waals surface area contributed by atoms with Crippen molar-refractivity contribution < 1.29 is 19.4 Å². The molecule has 0 radical (unpaired) electrons. The van der Waals surface area contributed by atoms with Gasteiger partial charge in [-0.1, -0.05) is 43.2 Å². The molecular weight excluding hydrogens is 306 g/mol. The lowest BCUT2D eigenvalue weighted by atomic mass is 9.61. The second-order valence-corrected chi connectivity index (χ2v) is 7.03. The van der Waals surface area contributed by atoms with Gasteiger partial charge in [-0.15, -0.1) is 0 Å². The maximum absolute atomic E-state index is 12.2. The van der Waals surface area contributed by atoms with E-state index < -0.39 is 5.97 Å². The van der Waals surface area contributed by atoms with E-state index in [-0.39, 0.29) is 24.0 Å². The highest BCUT2D eigenvalue weighted by Gasteiger charge is 2.46. The van der Waals surface area contributed by atoms with E-state index in [1.165, 1.54) is 0 Å². The monoisotopic (exact) mass is 331 g/mol. The predicted molar refractivity (Wildman–Crippen MR) is 89.5 cm³/mol. The molecule has 1 aromatic carbocycles. The van der Waals surface area contributed by atoms with Crippen LogP contribution in [0.4, 0.5) is 4.79 Å². The van der Waals surface area contributed by atoms with Crippen molar-refractivity contribution in [2.45, 2.75) is 45.1 Å². The zero-order valence-corrected chi connectivity index (χ0v) is 13.9. The number of carbonyl (C=O) groups excluding carboxylic acids is 1. The van der Waals surface area contributed by atoms with E-state index in [4.69, 9.17) is 4.74 Å². The van der Waals surface area contributed by atoms with Crippen molar-refractivity contribution in [2.24, 2.45) is 11.3 Å². The molecule has 2 fully saturated rings. The zero-order chi connectivity index (χ0) is 17.0. The summed E-state index contributed by atoms with van der Waals surface area (Å²) in [5.41, 5.74) is 0.845. The van der Waals surface area contributed by atoms with E-state index in [0.717, 1.165) is 44.1 Å². The lowest BCUT2D eigenvalue weighted by Gasteiger charge is -2.47. The molecule has 5 heteroatoms. The number of piperidine rings is 1. The minimum Gasteiger partial charge on any atom is -0.481 e. The van der Waals surface area contributed by atoms with Crippen molar-refractivity contribution in [3.63, 3.8) is 0 Å². The first-order valence-corrected chi connectivity index (χ1v) is 8.79. The Bertz CT molecular complexity index is 578. The normalized spacial score (nSPS) is 23.0. The number of carboxylic acids is 1. The van der Waals surface area contributed by atoms with Crippen LogP contribution in [0.5, 0.6) is 0 Å². The van der Waals surface area contributed by atoms with Crippen LogP contribution in [-0.2, 0) is 16.1 Å². The molecule has 130 valence electrons. The van der Waals surface area contributed by atoms with Crippen LogP contribution in [0, 0.1) is 11.3 Å². The Kier molecular flexibility index (Phi) is 5.07. The second kappa shape index (κ2) is 7.24. The highest BCUT2D eigenvalue weighted by Crippen LogP contribution is 2.48. The van der Waals surface area contributed by atoms with Crippen LogP contribution in [0.25, 0.3) is 0 Å². The van der Waals surface area contributed by atoms with E-state index in [0.29, 0.717) is 13.1 Å². The summed E-state index contributed by atoms with van der Waals surface area (Å²) in [7, 11) is 0. The minimum atomic E-state index is -0.671. The van der Waals surface area contributed by atoms with E-state index in [9.17, 15) is 14.7 Å². The number of amides is 1. The Morgan fingerprint density at radius 1 is 1.12 bits per heavy atom. The molecule has 1 saturated heterocycles. The van der Waals surface area contributed by atoms with Crippen LogP contribution in [-0.4, -0.2) is 35.2 Å². The fourth-order valence-electron chi connectivity index (χ4n) is 4.24. The van der Waals surface area contributed by atoms with Crippen molar-refractivity contribution in [2.75, 3.05) is 13.1 Å². The van der Waals surface area contributed by atoms with Gasteiger partial charge in [-0.05, 0) is 36.7 Å². The quantitative estimate of drug-likeness (QED) is 0.917. The number of hydrogen-bond donors (Lipinski definition) is 1. The largest absolute Gasteiger partial charge is 0.481 e. The third-order valence-electron chi connectivity index (χ3n) is 5.68. The summed E-state index contributed by atoms with van der Waals surface area (Å²) in [6.45, 7) is 1.47. The molecule has 3 rings (SSSR count). The van der Waals surface area contributed by atoms with E-state index in [2.05, 4.69) is 0 Å². The first-order valence-electron chi connectivity index (χ1n) is 8.79. The van der Waals surface area contributed by atoms with Crippen LogP contribution in [0.15, 0.2) is 30.3 Å². The van der Waals surface area contributed by atoms with Crippen LogP contribution in [0.3, 0.4) is 0 Å². The molecule has 0 aromatic heterocycles. The number of carbonyl (C=O) groups is 2. The number of benzene rings is 1. The van der Waals surface area contributed by atoms with Crippen LogP contribution in [0.2, 0.25) is 0 Å². The third-order valence-corrected chi connectivity index (χ3v) is 5.68. The van der Waals surface area contributed by atoms with Crippen molar-refractivity contribution >= 4 is 12.1 Å². The number of aliphatic carboxylic acids is 1. The van der Waals surface area contributed by atoms with Crippen LogP contribution >= 0.6 is 0 Å². The number of carboxylic acid groups (broad SMARTS) is 1. The first-order chi connectivity index (χ1) is 11.6. The van der Waals surface area contributed by atoms with Crippen molar-refractivity contribution in [3.05, 3.63) is 35.9 Å². The van der Waals surface area contributed by atoms with E-state index in [1.54, 1.807) is 4.90 Å². The highest BCUT2D eigenvalue weighted by molar-refractivity contribution is 5.71. The summed E-state index contributed by atoms with van der Waals surface area (Å²) in [5, 5.41) is 9.54. The lowest BCUT2D eigenvalue weighted by Crippen LogP contribution is -2.49. The molecule has 1 heterocycles. The van der Waals surface area contributed by atoms with E-state index in [1.807, 2.05) is 30.3 Å². The maximum atomic E-state index is 12.2. The Labute approximate surface area is 142 Å². The number of ether oxygens (including phenoxy) is 1. The van der Waals surface area contributed by atoms with Gasteiger partial charge in [-0.3, -0.25) is 4.79 Å². The van der Waals surface area contributed by atoms with Gasteiger partial charge in [-0.25, -0.2) is 4.79 Å². The smallest absolute Gasteiger partial charge is 0.410 e. The number of nitrogens with zero attached hydrogens (tertiary/aromatic N) is 1. The summed E-state index contributed by atoms with van der Waals surface area (Å²) >= 11 is 0. The molecule has 1 aliphatic carbocycles. The zero-order valence-electron chi connectivity index (χ0n) is 13.9. The summed E-state index contributed by atoms with van der Waals surface area (Å²) in [6, 6.07) is 9.63. The number of hydrogen-bond acceptors (Lipinski definition) is 3. The van der Waals surface area contributed by atoms with Gasteiger partial charge < -0.3 is 14.7 Å². The van der Waals surface area contributed by atoms with Gasteiger partial charge in [0.25, 0.3) is 0 Å². The van der Waals surface area contributed by atoms with Gasteiger partial charge in [0, 0.05) is 13.1 Å². The molecule has 5 nitrogen and oxygen atoms in total. The molecule has 1 amide bonds. The summed E-state index contributed by atoms with van der Waals surface area (Å²) < 4.78 is 5.39. The van der Waals surface area contributed by atoms with Gasteiger partial charge in [-0.2, -0.15) is 0 Å². The Balaban J connectivity index is 1.54. The lowest BCUT2D eigenvalue weighted by molar-refractivity contribution is -0.150. The standard InChI is InChI=1S/C19H25NO4/c21-17(22)16-8-4-5-9-19(16)10-12-20(13-11-19)18(23)24-14-15-6-2-1-3-7-15/h1-3,6-7,16H,4-5,8-14H2,(H,21,22). The van der Waals surface area contributed by atoms with Gasteiger partial charge in [0.2, 0.25) is 0 Å². The number of likely N-dealkylation sites (tertiary alicyclic amines) is 1. The molecule has 1 spiro atoms. The molecule has 1 unspecified atom stereocenters. The van der Waals surface area contributed by atoms with Crippen molar-refractivity contribution in [3.8, 4) is 0 Å². The molecule has 1 saturated carbocycles. The molecule has 1 atom stereocenters. The Hall–Kier alpha value is -2.04. The van der Waals surface area contributed by atoms with Gasteiger partial charge in [0.05, 0.1) is 5.92 Å². The molecule has 1 N–H and O–H groups in total.